The van der Waals surface area contributed by atoms with Crippen LogP contribution in [-0.4, -0.2) is 20.2 Å². The average molecular weight is 265 g/mol. The molecule has 0 radical (unpaired) electrons. The Morgan fingerprint density at radius 2 is 2.00 bits per heavy atom. The predicted molar refractivity (Wildman–Crippen MR) is 65.1 cm³/mol. The summed E-state index contributed by atoms with van der Waals surface area (Å²) in [7, 11) is 0. The third kappa shape index (κ3) is 1.76. The molecule has 1 fully saturated rings. The fourth-order valence-corrected chi connectivity index (χ4v) is 2.36. The lowest BCUT2D eigenvalue weighted by Gasteiger charge is -2.38. The van der Waals surface area contributed by atoms with E-state index in [1.54, 1.807) is 4.68 Å². The van der Waals surface area contributed by atoms with Gasteiger partial charge in [0.15, 0.2) is 5.82 Å². The highest BCUT2D eigenvalue weighted by Gasteiger charge is 2.37. The number of anilines is 1. The van der Waals surface area contributed by atoms with Gasteiger partial charge in [0.05, 0.1) is 16.8 Å². The molecule has 1 heterocycles. The molecule has 1 aliphatic carbocycles. The van der Waals surface area contributed by atoms with E-state index in [2.05, 4.69) is 15.5 Å². The maximum atomic E-state index is 13.9. The van der Waals surface area contributed by atoms with Gasteiger partial charge in [-0.3, -0.25) is 0 Å². The molecule has 0 unspecified atom stereocenters. The molecule has 0 saturated heterocycles. The van der Waals surface area contributed by atoms with E-state index in [-0.39, 0.29) is 22.6 Å². The highest BCUT2D eigenvalue weighted by molar-refractivity contribution is 5.62. The van der Waals surface area contributed by atoms with Crippen molar-refractivity contribution in [3.05, 3.63) is 23.8 Å². The summed E-state index contributed by atoms with van der Waals surface area (Å²) in [6.45, 7) is 2.02. The quantitative estimate of drug-likeness (QED) is 0.844. The summed E-state index contributed by atoms with van der Waals surface area (Å²) >= 11 is 0. The Labute approximate surface area is 108 Å². The average Bonchev–Trinajstić information content (AvgIpc) is 2.80. The molecule has 0 atom stereocenters. The molecule has 0 amide bonds. The first kappa shape index (κ1) is 12.0. The Bertz CT molecular complexity index is 633. The minimum atomic E-state index is -0.782. The zero-order valence-corrected chi connectivity index (χ0v) is 10.4. The lowest BCUT2D eigenvalue weighted by molar-refractivity contribution is 0.148. The molecule has 2 N–H and O–H groups in total. The Hall–Kier alpha value is -2.05. The minimum absolute atomic E-state index is 0.121. The van der Waals surface area contributed by atoms with Crippen molar-refractivity contribution in [2.24, 2.45) is 0 Å². The molecule has 1 aromatic carbocycles. The largest absolute Gasteiger partial charge is 0.396 e. The molecule has 0 bridgehead atoms. The third-order valence-corrected chi connectivity index (χ3v) is 3.74. The molecule has 3 rings (SSSR count). The Morgan fingerprint density at radius 1 is 1.26 bits per heavy atom. The van der Waals surface area contributed by atoms with Gasteiger partial charge in [-0.15, -0.1) is 5.10 Å². The lowest BCUT2D eigenvalue weighted by atomic mass is 9.78. The molecule has 1 aromatic heterocycles. The fourth-order valence-electron chi connectivity index (χ4n) is 2.36. The Kier molecular flexibility index (Phi) is 2.51. The number of nitrogens with zero attached hydrogens (tertiary/aromatic N) is 4. The van der Waals surface area contributed by atoms with E-state index in [1.165, 1.54) is 6.07 Å². The van der Waals surface area contributed by atoms with Crippen LogP contribution in [0.3, 0.4) is 0 Å². The highest BCUT2D eigenvalue weighted by Crippen LogP contribution is 2.40. The summed E-state index contributed by atoms with van der Waals surface area (Å²) < 4.78 is 28.7. The molecule has 1 saturated carbocycles. The van der Waals surface area contributed by atoms with Gasteiger partial charge in [-0.05, 0) is 42.7 Å². The summed E-state index contributed by atoms with van der Waals surface area (Å²) in [4.78, 5) is 0. The van der Waals surface area contributed by atoms with Crippen molar-refractivity contribution >= 4 is 5.69 Å². The van der Waals surface area contributed by atoms with Crippen LogP contribution in [0.2, 0.25) is 0 Å². The van der Waals surface area contributed by atoms with Crippen LogP contribution in [0.4, 0.5) is 14.5 Å². The van der Waals surface area contributed by atoms with Gasteiger partial charge in [0, 0.05) is 6.07 Å². The van der Waals surface area contributed by atoms with Crippen LogP contribution in [0.25, 0.3) is 11.4 Å². The van der Waals surface area contributed by atoms with Gasteiger partial charge in [0.25, 0.3) is 0 Å². The normalized spacial score (nSPS) is 17.2. The van der Waals surface area contributed by atoms with Crippen LogP contribution in [-0.2, 0) is 5.54 Å². The summed E-state index contributed by atoms with van der Waals surface area (Å²) in [6.07, 6.45) is 2.95. The predicted octanol–water partition coefficient (Wildman–Crippen LogP) is 2.10. The number of halogens is 2. The van der Waals surface area contributed by atoms with Gasteiger partial charge in [-0.2, -0.15) is 0 Å². The number of nitrogens with two attached hydrogens (primary N) is 1. The van der Waals surface area contributed by atoms with Gasteiger partial charge in [0.2, 0.25) is 0 Å². The van der Waals surface area contributed by atoms with Crippen molar-refractivity contribution in [3.8, 4) is 11.4 Å². The molecule has 100 valence electrons. The molecule has 2 aromatic rings. The number of aromatic nitrogens is 4. The molecular weight excluding hydrogens is 252 g/mol. The van der Waals surface area contributed by atoms with Gasteiger partial charge in [-0.1, -0.05) is 0 Å². The first-order valence-electron chi connectivity index (χ1n) is 6.05. The smallest absolute Gasteiger partial charge is 0.185 e. The van der Waals surface area contributed by atoms with Gasteiger partial charge >= 0.3 is 0 Å². The van der Waals surface area contributed by atoms with Crippen LogP contribution in [0.1, 0.15) is 26.2 Å². The molecular formula is C12H13F2N5. The van der Waals surface area contributed by atoms with Gasteiger partial charge in [-0.25, -0.2) is 13.5 Å². The summed E-state index contributed by atoms with van der Waals surface area (Å²) in [6, 6.07) is 1.99. The maximum absolute atomic E-state index is 13.9. The van der Waals surface area contributed by atoms with Crippen molar-refractivity contribution in [2.45, 2.75) is 31.7 Å². The SMILES string of the molecule is CC1(n2nnnc2-c2cc(N)c(F)cc2F)CCC1. The van der Waals surface area contributed by atoms with Crippen molar-refractivity contribution in [3.63, 3.8) is 0 Å². The maximum Gasteiger partial charge on any atom is 0.185 e. The Balaban J connectivity index is 2.13. The first-order valence-corrected chi connectivity index (χ1v) is 6.05. The standard InChI is InChI=1S/C12H13F2N5/c1-12(3-2-4-12)19-11(16-17-18-19)7-5-10(15)9(14)6-8(7)13/h5-6H,2-4,15H2,1H3. The van der Waals surface area contributed by atoms with Gasteiger partial charge in [0.1, 0.15) is 11.6 Å². The first-order chi connectivity index (χ1) is 9.01. The number of tetrazole rings is 1. The van der Waals surface area contributed by atoms with E-state index in [0.717, 1.165) is 25.3 Å². The summed E-state index contributed by atoms with van der Waals surface area (Å²) in [5.74, 6) is -1.22. The van der Waals surface area contributed by atoms with Crippen molar-refractivity contribution in [1.82, 2.24) is 20.2 Å². The second-order valence-electron chi connectivity index (χ2n) is 5.12. The van der Waals surface area contributed by atoms with E-state index in [0.29, 0.717) is 0 Å². The molecule has 7 heteroatoms. The van der Waals surface area contributed by atoms with Crippen LogP contribution < -0.4 is 5.73 Å². The van der Waals surface area contributed by atoms with Crippen LogP contribution in [0.15, 0.2) is 12.1 Å². The molecule has 0 aliphatic heterocycles. The summed E-state index contributed by atoms with van der Waals surface area (Å²) in [5, 5.41) is 11.4. The molecule has 0 spiro atoms. The van der Waals surface area contributed by atoms with Crippen LogP contribution in [0.5, 0.6) is 0 Å². The molecule has 19 heavy (non-hydrogen) atoms. The third-order valence-electron chi connectivity index (χ3n) is 3.74. The second kappa shape index (κ2) is 3.97. The Morgan fingerprint density at radius 3 is 2.63 bits per heavy atom. The van der Waals surface area contributed by atoms with Crippen molar-refractivity contribution < 1.29 is 8.78 Å². The zero-order chi connectivity index (χ0) is 13.6. The monoisotopic (exact) mass is 265 g/mol. The van der Waals surface area contributed by atoms with Crippen molar-refractivity contribution in [2.75, 3.05) is 5.73 Å². The lowest BCUT2D eigenvalue weighted by Crippen LogP contribution is -2.38. The number of nitrogen functional groups attached to an aromatic ring is 1. The van der Waals surface area contributed by atoms with Gasteiger partial charge < -0.3 is 5.73 Å². The summed E-state index contributed by atoms with van der Waals surface area (Å²) in [5.41, 5.74) is 5.28. The highest BCUT2D eigenvalue weighted by atomic mass is 19.1. The molecule has 5 nitrogen and oxygen atoms in total. The van der Waals surface area contributed by atoms with E-state index in [9.17, 15) is 8.78 Å². The van der Waals surface area contributed by atoms with Crippen molar-refractivity contribution in [1.29, 1.82) is 0 Å². The number of hydrogen-bond donors (Lipinski definition) is 1. The van der Waals surface area contributed by atoms with E-state index < -0.39 is 11.6 Å². The van der Waals surface area contributed by atoms with E-state index in [1.807, 2.05) is 6.92 Å². The second-order valence-corrected chi connectivity index (χ2v) is 5.12. The zero-order valence-electron chi connectivity index (χ0n) is 10.4. The van der Waals surface area contributed by atoms with Crippen LogP contribution in [0, 0.1) is 11.6 Å². The number of benzene rings is 1. The van der Waals surface area contributed by atoms with Crippen LogP contribution >= 0.6 is 0 Å². The van der Waals surface area contributed by atoms with E-state index >= 15 is 0 Å². The number of hydrogen-bond acceptors (Lipinski definition) is 4. The molecule has 1 aliphatic rings. The number of rotatable bonds is 2. The fraction of sp³-hybridized carbons (Fsp3) is 0.417. The topological polar surface area (TPSA) is 69.6 Å². The minimum Gasteiger partial charge on any atom is -0.396 e. The van der Waals surface area contributed by atoms with E-state index in [4.69, 9.17) is 5.73 Å².